The van der Waals surface area contributed by atoms with Crippen LogP contribution in [0.4, 0.5) is 21.9 Å². The van der Waals surface area contributed by atoms with E-state index in [0.717, 1.165) is 87.3 Å². The number of halogens is 1. The number of piperidine rings is 1. The summed E-state index contributed by atoms with van der Waals surface area (Å²) in [7, 11) is 0. The number of nitrogens with one attached hydrogen (secondary N) is 3. The van der Waals surface area contributed by atoms with Crippen LogP contribution in [0.3, 0.4) is 0 Å². The molecule has 1 atom stereocenters. The number of fused-ring (bicyclic) bond motifs is 2. The molecule has 0 radical (unpaired) electrons. The quantitative estimate of drug-likeness (QED) is 0.161. The third-order valence-corrected chi connectivity index (χ3v) is 11.9. The molecule has 17 nitrogen and oxygen atoms in total. The third kappa shape index (κ3) is 7.46. The molecule has 7 heterocycles. The molecule has 2 saturated heterocycles. The van der Waals surface area contributed by atoms with Crippen LogP contribution in [0.1, 0.15) is 83.9 Å². The predicted molar refractivity (Wildman–Crippen MR) is 214 cm³/mol. The monoisotopic (exact) mass is 806 g/mol. The number of carbonyl (C=O) groups is 4. The van der Waals surface area contributed by atoms with Crippen LogP contribution in [-0.2, 0) is 22.6 Å². The fourth-order valence-electron chi connectivity index (χ4n) is 8.66. The van der Waals surface area contributed by atoms with Crippen molar-refractivity contribution in [2.75, 3.05) is 48.3 Å². The van der Waals surface area contributed by atoms with Crippen LogP contribution in [0, 0.1) is 6.92 Å². The van der Waals surface area contributed by atoms with Gasteiger partial charge in [0.05, 0.1) is 35.7 Å². The van der Waals surface area contributed by atoms with Crippen molar-refractivity contribution in [3.8, 4) is 11.5 Å². The molecular formula is C40H43ClN12O5. The number of anilines is 3. The zero-order valence-corrected chi connectivity index (χ0v) is 32.8. The van der Waals surface area contributed by atoms with E-state index in [1.54, 1.807) is 28.0 Å². The summed E-state index contributed by atoms with van der Waals surface area (Å²) in [6.45, 7) is 6.61. The summed E-state index contributed by atoms with van der Waals surface area (Å²) in [6, 6.07) is 6.68. The van der Waals surface area contributed by atoms with Crippen LogP contribution in [0.2, 0.25) is 5.02 Å². The van der Waals surface area contributed by atoms with Crippen molar-refractivity contribution in [3.63, 3.8) is 0 Å². The second-order valence-electron chi connectivity index (χ2n) is 15.4. The van der Waals surface area contributed by atoms with Crippen LogP contribution < -0.4 is 20.9 Å². The van der Waals surface area contributed by atoms with Crippen LogP contribution in [0.5, 0.6) is 0 Å². The van der Waals surface area contributed by atoms with Crippen molar-refractivity contribution < 1.29 is 23.7 Å². The Labute approximate surface area is 338 Å². The van der Waals surface area contributed by atoms with Crippen molar-refractivity contribution in [3.05, 3.63) is 76.2 Å². The van der Waals surface area contributed by atoms with Gasteiger partial charge in [0, 0.05) is 62.7 Å². The summed E-state index contributed by atoms with van der Waals surface area (Å²) in [5.74, 6) is 0.329. The molecule has 1 saturated carbocycles. The molecule has 300 valence electrons. The number of hydrogen-bond acceptors (Lipinski definition) is 12. The van der Waals surface area contributed by atoms with Crippen molar-refractivity contribution in [1.82, 2.24) is 44.8 Å². The van der Waals surface area contributed by atoms with Crippen molar-refractivity contribution in [2.24, 2.45) is 0 Å². The zero-order chi connectivity index (χ0) is 39.9. The number of aryl methyl sites for hydroxylation is 2. The second-order valence-corrected chi connectivity index (χ2v) is 15.8. The third-order valence-electron chi connectivity index (χ3n) is 11.6. The molecule has 3 N–H and O–H groups in total. The highest BCUT2D eigenvalue weighted by atomic mass is 35.5. The molecule has 0 spiro atoms. The number of aromatic nitrogens is 6. The Balaban J connectivity index is 0.748. The maximum Gasteiger partial charge on any atom is 0.323 e. The highest BCUT2D eigenvalue weighted by Crippen LogP contribution is 2.38. The molecule has 5 amide bonds. The molecular weight excluding hydrogens is 764 g/mol. The highest BCUT2D eigenvalue weighted by Gasteiger charge is 2.39. The Morgan fingerprint density at radius 3 is 2.62 bits per heavy atom. The Bertz CT molecular complexity index is 2420. The number of nitrogens with zero attached hydrogens (tertiary/aromatic N) is 9. The summed E-state index contributed by atoms with van der Waals surface area (Å²) in [4.78, 5) is 70.2. The normalized spacial score (nSPS) is 18.9. The predicted octanol–water partition coefficient (Wildman–Crippen LogP) is 4.95. The van der Waals surface area contributed by atoms with Gasteiger partial charge in [0.25, 0.3) is 5.91 Å². The molecule has 3 aliphatic heterocycles. The summed E-state index contributed by atoms with van der Waals surface area (Å²) >= 11 is 6.31. The summed E-state index contributed by atoms with van der Waals surface area (Å²) in [5.41, 5.74) is 6.53. The lowest BCUT2D eigenvalue weighted by Crippen LogP contribution is -2.52. The van der Waals surface area contributed by atoms with E-state index >= 15 is 0 Å². The number of carbonyl (C=O) groups excluding carboxylic acids is 4. The Kier molecular flexibility index (Phi) is 10.2. The van der Waals surface area contributed by atoms with E-state index in [2.05, 4.69) is 57.0 Å². The van der Waals surface area contributed by atoms with Gasteiger partial charge in [-0.15, -0.1) is 0 Å². The Morgan fingerprint density at radius 1 is 1.00 bits per heavy atom. The molecule has 3 fully saturated rings. The molecule has 5 aromatic rings. The molecule has 4 aromatic heterocycles. The van der Waals surface area contributed by atoms with Crippen LogP contribution in [0.15, 0.2) is 47.4 Å². The maximum atomic E-state index is 13.2. The first-order valence-electron chi connectivity index (χ1n) is 19.8. The van der Waals surface area contributed by atoms with Gasteiger partial charge in [-0.3, -0.25) is 29.6 Å². The first kappa shape index (κ1) is 37.6. The van der Waals surface area contributed by atoms with Gasteiger partial charge >= 0.3 is 6.03 Å². The summed E-state index contributed by atoms with van der Waals surface area (Å²) in [5, 5.41) is 17.3. The number of urea groups is 1. The minimum absolute atomic E-state index is 0.161. The maximum absolute atomic E-state index is 13.2. The lowest BCUT2D eigenvalue weighted by Gasteiger charge is -2.36. The van der Waals surface area contributed by atoms with Crippen LogP contribution >= 0.6 is 11.6 Å². The molecule has 1 aromatic carbocycles. The van der Waals surface area contributed by atoms with Crippen molar-refractivity contribution >= 4 is 58.1 Å². The average molecular weight is 807 g/mol. The number of hydrogen-bond donors (Lipinski definition) is 3. The van der Waals surface area contributed by atoms with E-state index in [1.807, 2.05) is 25.1 Å². The second kappa shape index (κ2) is 15.8. The number of pyridine rings is 1. The molecule has 9 rings (SSSR count). The first-order chi connectivity index (χ1) is 28.2. The smallest absolute Gasteiger partial charge is 0.323 e. The number of amides is 5. The largest absolute Gasteiger partial charge is 0.369 e. The Morgan fingerprint density at radius 2 is 1.83 bits per heavy atom. The van der Waals surface area contributed by atoms with E-state index in [0.29, 0.717) is 64.4 Å². The van der Waals surface area contributed by atoms with Gasteiger partial charge in [-0.2, -0.15) is 10.1 Å². The van der Waals surface area contributed by atoms with E-state index < -0.39 is 18.0 Å². The van der Waals surface area contributed by atoms with Crippen molar-refractivity contribution in [1.29, 1.82) is 0 Å². The minimum atomic E-state index is -0.620. The highest BCUT2D eigenvalue weighted by molar-refractivity contribution is 6.33. The van der Waals surface area contributed by atoms with E-state index in [1.165, 1.54) is 0 Å². The average Bonchev–Trinajstić information content (AvgIpc) is 4.04. The molecule has 4 aliphatic rings. The zero-order valence-electron chi connectivity index (χ0n) is 32.0. The number of rotatable bonds is 10. The molecule has 58 heavy (non-hydrogen) atoms. The van der Waals surface area contributed by atoms with Gasteiger partial charge in [0.2, 0.25) is 23.5 Å². The van der Waals surface area contributed by atoms with Crippen LogP contribution in [-0.4, -0.2) is 102 Å². The van der Waals surface area contributed by atoms with Gasteiger partial charge in [-0.1, -0.05) is 29.6 Å². The molecule has 1 aliphatic carbocycles. The van der Waals surface area contributed by atoms with Gasteiger partial charge in [-0.05, 0) is 74.5 Å². The van der Waals surface area contributed by atoms with E-state index in [9.17, 15) is 19.2 Å². The van der Waals surface area contributed by atoms with E-state index in [4.69, 9.17) is 16.1 Å². The summed E-state index contributed by atoms with van der Waals surface area (Å²) < 4.78 is 7.33. The number of imide groups is 1. The summed E-state index contributed by atoms with van der Waals surface area (Å²) in [6.07, 6.45) is 11.1. The lowest BCUT2D eigenvalue weighted by atomic mass is 10.0. The minimum Gasteiger partial charge on any atom is -0.369 e. The van der Waals surface area contributed by atoms with Crippen LogP contribution in [0.25, 0.3) is 17.2 Å². The Hall–Kier alpha value is -5.94. The van der Waals surface area contributed by atoms with Gasteiger partial charge < -0.3 is 25.0 Å². The fourth-order valence-corrected chi connectivity index (χ4v) is 8.84. The first-order valence-corrected chi connectivity index (χ1v) is 20.2. The molecule has 18 heteroatoms. The standard InChI is InChI=1S/C40H43ClN12O5/c1-23-17-26(45-40(57)46-30-21-43-37-29(41)20-44-53(37)35(30)24-5-2-3-6-24)19-42-34(23)36-48-33(58-49-36)7-4-12-50-13-15-51(16-14-50)27-8-9-28-25(18-27)22-52(39(28)56)31-10-11-32(54)47-38(31)55/h8-9,17-21,24,31H,2-7,10-16,22H2,1H3,(H2,45,46,57)(H,47,54,55). The molecule has 1 unspecified atom stereocenters. The van der Waals surface area contributed by atoms with Gasteiger partial charge in [0.15, 0.2) is 5.65 Å². The topological polar surface area (TPSA) is 196 Å². The number of piperazine rings is 1. The van der Waals surface area contributed by atoms with Gasteiger partial charge in [0.1, 0.15) is 16.8 Å². The van der Waals surface area contributed by atoms with E-state index in [-0.39, 0.29) is 24.2 Å². The lowest BCUT2D eigenvalue weighted by molar-refractivity contribution is -0.136. The molecule has 0 bridgehead atoms. The number of benzene rings is 1. The SMILES string of the molecule is Cc1cc(NC(=O)Nc2cnc3c(Cl)cnn3c2C2CCCC2)cnc1-c1noc(CCCN2CCN(c3ccc4c(c3)CN(C3CCC(=O)NC3=O)C4=O)CC2)n1. The van der Waals surface area contributed by atoms with Gasteiger partial charge in [-0.25, -0.2) is 14.3 Å². The fraction of sp³-hybridized carbons (Fsp3) is 0.425. The van der Waals surface area contributed by atoms with Crippen molar-refractivity contribution in [2.45, 2.75) is 76.8 Å².